The van der Waals surface area contributed by atoms with Crippen LogP contribution in [0.1, 0.15) is 12.5 Å². The topological polar surface area (TPSA) is 72.8 Å². The van der Waals surface area contributed by atoms with E-state index in [-0.39, 0.29) is 5.78 Å². The molecule has 0 bridgehead atoms. The van der Waals surface area contributed by atoms with Gasteiger partial charge >= 0.3 is 5.96 Å². The van der Waals surface area contributed by atoms with Crippen LogP contribution in [0, 0.1) is 5.92 Å². The Hall–Kier alpha value is -2.59. The number of hydrogen-bond donors (Lipinski definition) is 1. The number of hydrogen-bond acceptors (Lipinski definition) is 8. The van der Waals surface area contributed by atoms with Gasteiger partial charge in [0, 0.05) is 44.2 Å². The van der Waals surface area contributed by atoms with Crippen molar-refractivity contribution >= 4 is 17.7 Å². The molecule has 0 aromatic heterocycles. The zero-order valence-corrected chi connectivity index (χ0v) is 20.5. The second-order valence-electron chi connectivity index (χ2n) is 10.2. The quantitative estimate of drug-likeness (QED) is 0.629. The first-order chi connectivity index (χ1) is 16.4. The summed E-state index contributed by atoms with van der Waals surface area (Å²) in [5.74, 6) is 2.09. The van der Waals surface area contributed by atoms with E-state index >= 15 is 0 Å². The standard InChI is InChI=1S/C25H36N7O2/c1-19(13-29(2)3)17-32-18-21-15-30(14-20-7-5-4-6-8-20)16-22(33)23(21)26-25(32)27-24(28-32)31-9-11-34-12-10-31/h4-8,19H,9-18H2,1-3H3,(H,26,27,28)/q+1. The van der Waals surface area contributed by atoms with Crippen molar-refractivity contribution in [2.75, 3.05) is 73.1 Å². The van der Waals surface area contributed by atoms with Gasteiger partial charge in [-0.15, -0.1) is 4.99 Å². The molecule has 1 aromatic carbocycles. The maximum Gasteiger partial charge on any atom is 0.358 e. The first kappa shape index (κ1) is 23.2. The van der Waals surface area contributed by atoms with Crippen LogP contribution in [0.25, 0.3) is 0 Å². The fourth-order valence-corrected chi connectivity index (χ4v) is 5.53. The molecule has 4 aliphatic rings. The van der Waals surface area contributed by atoms with Crippen LogP contribution in [0.2, 0.25) is 0 Å². The number of nitrogens with zero attached hydrogens (tertiary/aromatic N) is 6. The molecule has 9 nitrogen and oxygen atoms in total. The van der Waals surface area contributed by atoms with E-state index in [0.29, 0.717) is 42.5 Å². The van der Waals surface area contributed by atoms with Crippen LogP contribution >= 0.6 is 0 Å². The van der Waals surface area contributed by atoms with Crippen molar-refractivity contribution in [3.05, 3.63) is 47.2 Å². The molecule has 4 aliphatic heterocycles. The zero-order chi connectivity index (χ0) is 23.7. The lowest BCUT2D eigenvalue weighted by atomic mass is 10.0. The molecule has 34 heavy (non-hydrogen) atoms. The number of nitrogens with one attached hydrogen (secondary N) is 1. The minimum atomic E-state index is 0.0962. The van der Waals surface area contributed by atoms with Crippen LogP contribution in [0.3, 0.4) is 0 Å². The molecule has 4 heterocycles. The van der Waals surface area contributed by atoms with Gasteiger partial charge in [-0.05, 0) is 19.7 Å². The van der Waals surface area contributed by atoms with Gasteiger partial charge in [-0.1, -0.05) is 37.3 Å². The van der Waals surface area contributed by atoms with E-state index in [1.54, 1.807) is 0 Å². The van der Waals surface area contributed by atoms with Crippen molar-refractivity contribution in [2.24, 2.45) is 15.9 Å². The Labute approximate surface area is 201 Å². The normalized spacial score (nSPS) is 26.1. The molecule has 2 unspecified atom stereocenters. The van der Waals surface area contributed by atoms with Crippen LogP contribution < -0.4 is 5.43 Å². The van der Waals surface area contributed by atoms with E-state index < -0.39 is 0 Å². The lowest BCUT2D eigenvalue weighted by Crippen LogP contribution is -2.65. The number of Topliss-reactive ketones (excluding diaryl/α,β-unsaturated/α-hetero) is 1. The summed E-state index contributed by atoms with van der Waals surface area (Å²) in [4.78, 5) is 29.7. The Morgan fingerprint density at radius 1 is 1.15 bits per heavy atom. The van der Waals surface area contributed by atoms with Crippen LogP contribution in [0.15, 0.2) is 51.6 Å². The Bertz CT molecular complexity index is 1010. The van der Waals surface area contributed by atoms with Crippen LogP contribution in [0.4, 0.5) is 0 Å². The van der Waals surface area contributed by atoms with Crippen LogP contribution in [-0.2, 0) is 16.1 Å². The number of rotatable bonds is 6. The monoisotopic (exact) mass is 466 g/mol. The summed E-state index contributed by atoms with van der Waals surface area (Å²) in [6, 6.07) is 10.4. The molecule has 2 atom stereocenters. The predicted octanol–water partition coefficient (Wildman–Crippen LogP) is 0.916. The van der Waals surface area contributed by atoms with Gasteiger partial charge < -0.3 is 14.5 Å². The van der Waals surface area contributed by atoms with Crippen molar-refractivity contribution < 1.29 is 14.1 Å². The Balaban J connectivity index is 1.41. The molecular weight excluding hydrogens is 430 g/mol. The molecule has 1 aromatic rings. The summed E-state index contributed by atoms with van der Waals surface area (Å²) in [6.07, 6.45) is 0. The maximum absolute atomic E-state index is 13.2. The first-order valence-electron chi connectivity index (χ1n) is 12.2. The van der Waals surface area contributed by atoms with E-state index in [1.165, 1.54) is 5.56 Å². The second-order valence-corrected chi connectivity index (χ2v) is 10.2. The zero-order valence-electron chi connectivity index (χ0n) is 20.5. The van der Waals surface area contributed by atoms with E-state index in [0.717, 1.165) is 56.8 Å². The molecule has 0 saturated carbocycles. The third-order valence-corrected chi connectivity index (χ3v) is 6.82. The number of quaternary nitrogens is 1. The van der Waals surface area contributed by atoms with Crippen molar-refractivity contribution in [2.45, 2.75) is 13.5 Å². The number of aliphatic imine (C=N–C) groups is 2. The Morgan fingerprint density at radius 2 is 1.91 bits per heavy atom. The van der Waals surface area contributed by atoms with Gasteiger partial charge in [0.1, 0.15) is 18.8 Å². The van der Waals surface area contributed by atoms with E-state index in [1.807, 2.05) is 18.2 Å². The minimum Gasteiger partial charge on any atom is -0.378 e. The van der Waals surface area contributed by atoms with E-state index in [4.69, 9.17) is 14.7 Å². The van der Waals surface area contributed by atoms with Crippen molar-refractivity contribution in [3.63, 3.8) is 0 Å². The number of carbonyl (C=O) groups excluding carboxylic acids is 1. The molecular formula is C25H36N7O2+. The summed E-state index contributed by atoms with van der Waals surface area (Å²) in [7, 11) is 4.22. The van der Waals surface area contributed by atoms with E-state index in [9.17, 15) is 4.79 Å². The smallest absolute Gasteiger partial charge is 0.358 e. The number of carbonyl (C=O) groups is 1. The first-order valence-corrected chi connectivity index (χ1v) is 12.2. The van der Waals surface area contributed by atoms with Gasteiger partial charge in [0.15, 0.2) is 5.78 Å². The van der Waals surface area contributed by atoms with Crippen LogP contribution in [-0.4, -0.2) is 110 Å². The SMILES string of the molecule is CC(CN(C)C)C[N+]12CC3=C(N=C1N=C(N1CCOCC1)N2)C(=O)CN(Cc1ccccc1)C3. The summed E-state index contributed by atoms with van der Waals surface area (Å²) in [6.45, 7) is 9.75. The molecule has 0 aliphatic carbocycles. The molecule has 0 spiro atoms. The van der Waals surface area contributed by atoms with Gasteiger partial charge in [0.05, 0.1) is 19.8 Å². The summed E-state index contributed by atoms with van der Waals surface area (Å²) in [5, 5.41) is 0. The number of morpholine rings is 1. The number of ketones is 1. The van der Waals surface area contributed by atoms with Crippen molar-refractivity contribution in [1.29, 1.82) is 0 Å². The number of ether oxygens (including phenoxy) is 1. The van der Waals surface area contributed by atoms with Gasteiger partial charge in [0.2, 0.25) is 0 Å². The number of guanidine groups is 2. The summed E-state index contributed by atoms with van der Waals surface area (Å²) in [5.41, 5.74) is 6.70. The average Bonchev–Trinajstić information content (AvgIpc) is 3.16. The third kappa shape index (κ3) is 4.79. The largest absolute Gasteiger partial charge is 0.378 e. The Morgan fingerprint density at radius 3 is 2.65 bits per heavy atom. The minimum absolute atomic E-state index is 0.0962. The fraction of sp³-hybridized carbons (Fsp3) is 0.560. The highest BCUT2D eigenvalue weighted by atomic mass is 16.5. The van der Waals surface area contributed by atoms with Crippen LogP contribution in [0.5, 0.6) is 0 Å². The average molecular weight is 467 g/mol. The number of benzene rings is 1. The molecule has 1 N–H and O–H groups in total. The predicted molar refractivity (Wildman–Crippen MR) is 132 cm³/mol. The molecule has 1 saturated heterocycles. The number of fused-ring (bicyclic) bond motifs is 1. The molecule has 0 amide bonds. The highest BCUT2D eigenvalue weighted by Gasteiger charge is 2.50. The molecule has 0 radical (unpaired) electrons. The molecule has 5 rings (SSSR count). The highest BCUT2D eigenvalue weighted by molar-refractivity contribution is 6.03. The molecule has 1 fully saturated rings. The van der Waals surface area contributed by atoms with Gasteiger partial charge in [0.25, 0.3) is 5.96 Å². The highest BCUT2D eigenvalue weighted by Crippen LogP contribution is 2.30. The lowest BCUT2D eigenvalue weighted by Gasteiger charge is -2.40. The molecule has 9 heteroatoms. The van der Waals surface area contributed by atoms with Crippen molar-refractivity contribution in [1.82, 2.24) is 20.1 Å². The van der Waals surface area contributed by atoms with Gasteiger partial charge in [-0.2, -0.15) is 15.0 Å². The Kier molecular flexibility index (Phi) is 6.52. The van der Waals surface area contributed by atoms with Gasteiger partial charge in [-0.25, -0.2) is 0 Å². The third-order valence-electron chi connectivity index (χ3n) is 6.82. The lowest BCUT2D eigenvalue weighted by molar-refractivity contribution is -0.873. The molecule has 182 valence electrons. The second kappa shape index (κ2) is 9.58. The van der Waals surface area contributed by atoms with E-state index in [2.05, 4.69) is 53.3 Å². The fourth-order valence-electron chi connectivity index (χ4n) is 5.53. The summed E-state index contributed by atoms with van der Waals surface area (Å²) < 4.78 is 6.02. The van der Waals surface area contributed by atoms with Crippen molar-refractivity contribution in [3.8, 4) is 0 Å². The summed E-state index contributed by atoms with van der Waals surface area (Å²) >= 11 is 0. The maximum atomic E-state index is 13.2. The van der Waals surface area contributed by atoms with Gasteiger partial charge in [-0.3, -0.25) is 9.69 Å².